The maximum absolute atomic E-state index is 12.1. The van der Waals surface area contributed by atoms with E-state index in [0.717, 1.165) is 24.4 Å². The zero-order chi connectivity index (χ0) is 17.2. The van der Waals surface area contributed by atoms with Crippen molar-refractivity contribution >= 4 is 5.91 Å². The zero-order valence-electron chi connectivity index (χ0n) is 14.8. The average Bonchev–Trinajstić information content (AvgIpc) is 2.62. The van der Waals surface area contributed by atoms with Crippen LogP contribution < -0.4 is 15.4 Å². The predicted molar refractivity (Wildman–Crippen MR) is 95.0 cm³/mol. The first-order chi connectivity index (χ1) is 11.7. The number of methoxy groups -OCH3 is 1. The van der Waals surface area contributed by atoms with Crippen molar-refractivity contribution in [1.29, 1.82) is 0 Å². The molecule has 0 radical (unpaired) electrons. The SMILES string of the molecule is COCCOc1ccc(CNC(=O)CC(C)C2CCNCC2)cc1. The highest BCUT2D eigenvalue weighted by atomic mass is 16.5. The van der Waals surface area contributed by atoms with Gasteiger partial charge >= 0.3 is 0 Å². The molecule has 1 aliphatic heterocycles. The molecular weight excluding hydrogens is 304 g/mol. The van der Waals surface area contributed by atoms with Crippen LogP contribution in [0.3, 0.4) is 0 Å². The molecule has 1 amide bonds. The number of rotatable bonds is 9. The summed E-state index contributed by atoms with van der Waals surface area (Å²) in [4.78, 5) is 12.1. The van der Waals surface area contributed by atoms with Gasteiger partial charge in [0.2, 0.25) is 5.91 Å². The van der Waals surface area contributed by atoms with Crippen molar-refractivity contribution in [3.8, 4) is 5.75 Å². The van der Waals surface area contributed by atoms with E-state index in [1.54, 1.807) is 7.11 Å². The van der Waals surface area contributed by atoms with Crippen LogP contribution in [0.2, 0.25) is 0 Å². The molecule has 1 saturated heterocycles. The highest BCUT2D eigenvalue weighted by Gasteiger charge is 2.21. The summed E-state index contributed by atoms with van der Waals surface area (Å²) in [6.45, 7) is 6.04. The van der Waals surface area contributed by atoms with Crippen molar-refractivity contribution in [2.75, 3.05) is 33.4 Å². The Hall–Kier alpha value is -1.59. The zero-order valence-corrected chi connectivity index (χ0v) is 14.8. The van der Waals surface area contributed by atoms with E-state index in [1.807, 2.05) is 24.3 Å². The van der Waals surface area contributed by atoms with E-state index in [-0.39, 0.29) is 5.91 Å². The molecule has 1 aromatic carbocycles. The van der Waals surface area contributed by atoms with E-state index in [1.165, 1.54) is 12.8 Å². The third-order valence-electron chi connectivity index (χ3n) is 4.67. The molecule has 0 aliphatic carbocycles. The lowest BCUT2D eigenvalue weighted by molar-refractivity contribution is -0.122. The molecule has 1 fully saturated rings. The molecule has 0 bridgehead atoms. The van der Waals surface area contributed by atoms with Gasteiger partial charge < -0.3 is 20.1 Å². The van der Waals surface area contributed by atoms with Crippen LogP contribution in [0.5, 0.6) is 5.75 Å². The number of piperidine rings is 1. The van der Waals surface area contributed by atoms with Crippen LogP contribution in [0.15, 0.2) is 24.3 Å². The Bertz CT molecular complexity index is 484. The summed E-state index contributed by atoms with van der Waals surface area (Å²) >= 11 is 0. The first-order valence-corrected chi connectivity index (χ1v) is 8.87. The second-order valence-corrected chi connectivity index (χ2v) is 6.53. The average molecular weight is 334 g/mol. The van der Waals surface area contributed by atoms with Gasteiger partial charge in [-0.1, -0.05) is 19.1 Å². The summed E-state index contributed by atoms with van der Waals surface area (Å²) in [5.74, 6) is 2.08. The standard InChI is InChI=1S/C19H30N2O3/c1-15(17-7-9-20-10-8-17)13-19(22)21-14-16-3-5-18(6-4-16)24-12-11-23-2/h3-6,15,17,20H,7-14H2,1-2H3,(H,21,22). The second-order valence-electron chi connectivity index (χ2n) is 6.53. The molecule has 1 atom stereocenters. The number of carbonyl (C=O) groups is 1. The van der Waals surface area contributed by atoms with Gasteiger partial charge in [-0.05, 0) is 55.5 Å². The van der Waals surface area contributed by atoms with Gasteiger partial charge in [0.05, 0.1) is 6.61 Å². The maximum atomic E-state index is 12.1. The van der Waals surface area contributed by atoms with Crippen LogP contribution in [0.25, 0.3) is 0 Å². The van der Waals surface area contributed by atoms with Gasteiger partial charge in [0.25, 0.3) is 0 Å². The highest BCUT2D eigenvalue weighted by molar-refractivity contribution is 5.76. The van der Waals surface area contributed by atoms with Gasteiger partial charge in [-0.3, -0.25) is 4.79 Å². The van der Waals surface area contributed by atoms with E-state index in [0.29, 0.717) is 38.0 Å². The van der Waals surface area contributed by atoms with E-state index < -0.39 is 0 Å². The Kier molecular flexibility index (Phi) is 8.05. The summed E-state index contributed by atoms with van der Waals surface area (Å²) in [5.41, 5.74) is 1.08. The normalized spacial score (nSPS) is 16.6. The number of hydrogen-bond donors (Lipinski definition) is 2. The van der Waals surface area contributed by atoms with Gasteiger partial charge in [-0.15, -0.1) is 0 Å². The third-order valence-corrected chi connectivity index (χ3v) is 4.67. The van der Waals surface area contributed by atoms with E-state index >= 15 is 0 Å². The first-order valence-electron chi connectivity index (χ1n) is 8.87. The van der Waals surface area contributed by atoms with Crippen molar-refractivity contribution < 1.29 is 14.3 Å². The van der Waals surface area contributed by atoms with Crippen molar-refractivity contribution in [2.24, 2.45) is 11.8 Å². The van der Waals surface area contributed by atoms with Crippen LogP contribution in [-0.4, -0.2) is 39.3 Å². The molecule has 1 aliphatic rings. The molecule has 2 rings (SSSR count). The van der Waals surface area contributed by atoms with Gasteiger partial charge in [0.15, 0.2) is 0 Å². The summed E-state index contributed by atoms with van der Waals surface area (Å²) in [7, 11) is 1.65. The van der Waals surface area contributed by atoms with Crippen LogP contribution in [-0.2, 0) is 16.1 Å². The van der Waals surface area contributed by atoms with Crippen molar-refractivity contribution in [1.82, 2.24) is 10.6 Å². The number of nitrogens with one attached hydrogen (secondary N) is 2. The van der Waals surface area contributed by atoms with Crippen molar-refractivity contribution in [3.05, 3.63) is 29.8 Å². The second kappa shape index (κ2) is 10.3. The summed E-state index contributed by atoms with van der Waals surface area (Å²) in [6, 6.07) is 7.82. The largest absolute Gasteiger partial charge is 0.491 e. The predicted octanol–water partition coefficient (Wildman–Crippen LogP) is 2.35. The smallest absolute Gasteiger partial charge is 0.220 e. The Morgan fingerprint density at radius 3 is 2.62 bits per heavy atom. The number of carbonyl (C=O) groups excluding carboxylic acids is 1. The minimum absolute atomic E-state index is 0.140. The highest BCUT2D eigenvalue weighted by Crippen LogP contribution is 2.24. The lowest BCUT2D eigenvalue weighted by Crippen LogP contribution is -2.33. The molecule has 1 heterocycles. The van der Waals surface area contributed by atoms with Crippen LogP contribution in [0.1, 0.15) is 31.7 Å². The molecule has 0 aromatic heterocycles. The number of benzene rings is 1. The van der Waals surface area contributed by atoms with E-state index in [9.17, 15) is 4.79 Å². The van der Waals surface area contributed by atoms with Gasteiger partial charge in [-0.2, -0.15) is 0 Å². The number of ether oxygens (including phenoxy) is 2. The van der Waals surface area contributed by atoms with Crippen molar-refractivity contribution in [3.63, 3.8) is 0 Å². The van der Waals surface area contributed by atoms with Gasteiger partial charge in [0.1, 0.15) is 12.4 Å². The van der Waals surface area contributed by atoms with Crippen LogP contribution in [0.4, 0.5) is 0 Å². The fourth-order valence-electron chi connectivity index (χ4n) is 3.09. The molecule has 5 nitrogen and oxygen atoms in total. The summed E-state index contributed by atoms with van der Waals surface area (Å²) < 4.78 is 10.5. The molecule has 0 saturated carbocycles. The number of amides is 1. The number of hydrogen-bond acceptors (Lipinski definition) is 4. The van der Waals surface area contributed by atoms with Crippen LogP contribution in [0, 0.1) is 11.8 Å². The maximum Gasteiger partial charge on any atom is 0.220 e. The Morgan fingerprint density at radius 2 is 1.96 bits per heavy atom. The molecule has 1 unspecified atom stereocenters. The first kappa shape index (κ1) is 18.7. The summed E-state index contributed by atoms with van der Waals surface area (Å²) in [5, 5.41) is 6.40. The van der Waals surface area contributed by atoms with Crippen LogP contribution >= 0.6 is 0 Å². The minimum Gasteiger partial charge on any atom is -0.491 e. The molecule has 24 heavy (non-hydrogen) atoms. The lowest BCUT2D eigenvalue weighted by Gasteiger charge is -2.27. The molecule has 5 heteroatoms. The Labute approximate surface area is 145 Å². The minimum atomic E-state index is 0.140. The molecule has 134 valence electrons. The fourth-order valence-corrected chi connectivity index (χ4v) is 3.09. The van der Waals surface area contributed by atoms with Gasteiger partial charge in [0, 0.05) is 20.1 Å². The topological polar surface area (TPSA) is 59.6 Å². The van der Waals surface area contributed by atoms with Gasteiger partial charge in [-0.25, -0.2) is 0 Å². The Balaban J connectivity index is 1.69. The fraction of sp³-hybridized carbons (Fsp3) is 0.632. The lowest BCUT2D eigenvalue weighted by atomic mass is 9.84. The third kappa shape index (κ3) is 6.49. The molecule has 2 N–H and O–H groups in total. The van der Waals surface area contributed by atoms with E-state index in [2.05, 4.69) is 17.6 Å². The van der Waals surface area contributed by atoms with Crippen molar-refractivity contribution in [2.45, 2.75) is 32.7 Å². The Morgan fingerprint density at radius 1 is 1.25 bits per heavy atom. The monoisotopic (exact) mass is 334 g/mol. The quantitative estimate of drug-likeness (QED) is 0.681. The van der Waals surface area contributed by atoms with E-state index in [4.69, 9.17) is 9.47 Å². The molecule has 1 aromatic rings. The molecule has 0 spiro atoms. The summed E-state index contributed by atoms with van der Waals surface area (Å²) in [6.07, 6.45) is 2.97. The molecular formula is C19H30N2O3.